The summed E-state index contributed by atoms with van der Waals surface area (Å²) in [6, 6.07) is 8.55. The minimum atomic E-state index is -0.469. The predicted molar refractivity (Wildman–Crippen MR) is 92.2 cm³/mol. The number of hydrogen-bond acceptors (Lipinski definition) is 5. The molecule has 1 aromatic carbocycles. The summed E-state index contributed by atoms with van der Waals surface area (Å²) in [5.74, 6) is -0.909. The molecule has 0 atom stereocenters. The van der Waals surface area contributed by atoms with Crippen molar-refractivity contribution in [2.24, 2.45) is 0 Å². The summed E-state index contributed by atoms with van der Waals surface area (Å²) in [6.45, 7) is 5.99. The summed E-state index contributed by atoms with van der Waals surface area (Å²) in [5.41, 5.74) is 0.758. The molecule has 2 N–H and O–H groups in total. The number of ether oxygens (including phenoxy) is 1. The zero-order valence-corrected chi connectivity index (χ0v) is 14.3. The monoisotopic (exact) mass is 329 g/mol. The van der Waals surface area contributed by atoms with Crippen LogP contribution < -0.4 is 10.6 Å². The van der Waals surface area contributed by atoms with Crippen molar-refractivity contribution in [1.82, 2.24) is 5.32 Å². The fourth-order valence-electron chi connectivity index (χ4n) is 1.81. The number of amides is 1. The van der Waals surface area contributed by atoms with Gasteiger partial charge in [-0.05, 0) is 32.4 Å². The molecule has 0 bridgehead atoms. The highest BCUT2D eigenvalue weighted by molar-refractivity contribution is 5.99. The van der Waals surface area contributed by atoms with Crippen LogP contribution >= 0.6 is 0 Å². The molecular formula is C18H23N3O3. The van der Waals surface area contributed by atoms with Crippen LogP contribution in [0.4, 0.5) is 5.69 Å². The van der Waals surface area contributed by atoms with Crippen molar-refractivity contribution in [2.75, 3.05) is 11.9 Å². The number of para-hydroxylation sites is 1. The number of benzene rings is 1. The summed E-state index contributed by atoms with van der Waals surface area (Å²) in [7, 11) is 0. The van der Waals surface area contributed by atoms with Crippen molar-refractivity contribution in [3.63, 3.8) is 0 Å². The van der Waals surface area contributed by atoms with Gasteiger partial charge in [0.1, 0.15) is 11.6 Å². The van der Waals surface area contributed by atoms with E-state index in [0.29, 0.717) is 17.9 Å². The molecule has 0 saturated carbocycles. The maximum absolute atomic E-state index is 12.1. The third-order valence-corrected chi connectivity index (χ3v) is 3.03. The van der Waals surface area contributed by atoms with E-state index in [-0.39, 0.29) is 11.6 Å². The number of carbonyl (C=O) groups is 2. The molecule has 128 valence electrons. The van der Waals surface area contributed by atoms with Crippen LogP contribution in [0.5, 0.6) is 0 Å². The van der Waals surface area contributed by atoms with E-state index in [4.69, 9.17) is 10.00 Å². The third-order valence-electron chi connectivity index (χ3n) is 3.03. The zero-order valence-electron chi connectivity index (χ0n) is 14.3. The van der Waals surface area contributed by atoms with Gasteiger partial charge in [-0.1, -0.05) is 25.5 Å². The van der Waals surface area contributed by atoms with Gasteiger partial charge in [-0.3, -0.25) is 4.79 Å². The van der Waals surface area contributed by atoms with E-state index < -0.39 is 11.9 Å². The van der Waals surface area contributed by atoms with E-state index >= 15 is 0 Å². The average molecular weight is 329 g/mol. The number of hydrogen-bond donors (Lipinski definition) is 2. The van der Waals surface area contributed by atoms with Crippen LogP contribution in [0.15, 0.2) is 36.0 Å². The van der Waals surface area contributed by atoms with Gasteiger partial charge in [0.05, 0.1) is 17.9 Å². The second-order valence-corrected chi connectivity index (χ2v) is 5.48. The molecule has 0 aromatic heterocycles. The van der Waals surface area contributed by atoms with Crippen LogP contribution in [0, 0.1) is 11.3 Å². The quantitative estimate of drug-likeness (QED) is 0.331. The van der Waals surface area contributed by atoms with Gasteiger partial charge in [0.15, 0.2) is 0 Å². The van der Waals surface area contributed by atoms with Crippen LogP contribution in [-0.2, 0) is 9.53 Å². The standard InChI is InChI=1S/C18H23N3O3/c1-4-5-10-24-18(23)15-8-6-7-9-16(15)20-12-14(11-19)17(22)21-13(2)3/h6-9,12-13,20H,4-5,10H2,1-3H3,(H,21,22)/b14-12-. The van der Waals surface area contributed by atoms with Gasteiger partial charge in [-0.2, -0.15) is 5.26 Å². The average Bonchev–Trinajstić information content (AvgIpc) is 2.55. The number of carbonyl (C=O) groups excluding carboxylic acids is 2. The fourth-order valence-corrected chi connectivity index (χ4v) is 1.81. The van der Waals surface area contributed by atoms with E-state index in [0.717, 1.165) is 12.8 Å². The van der Waals surface area contributed by atoms with Crippen LogP contribution in [0.2, 0.25) is 0 Å². The summed E-state index contributed by atoms with van der Waals surface area (Å²) >= 11 is 0. The zero-order chi connectivity index (χ0) is 17.9. The highest BCUT2D eigenvalue weighted by Crippen LogP contribution is 2.17. The molecule has 0 heterocycles. The molecule has 1 aromatic rings. The number of esters is 1. The summed E-state index contributed by atoms with van der Waals surface area (Å²) in [5, 5.41) is 14.6. The number of rotatable bonds is 8. The molecule has 24 heavy (non-hydrogen) atoms. The van der Waals surface area contributed by atoms with E-state index in [1.54, 1.807) is 24.3 Å². The molecule has 0 radical (unpaired) electrons. The van der Waals surface area contributed by atoms with Crippen LogP contribution in [0.1, 0.15) is 44.0 Å². The lowest BCUT2D eigenvalue weighted by atomic mass is 10.1. The third kappa shape index (κ3) is 6.13. The highest BCUT2D eigenvalue weighted by atomic mass is 16.5. The molecule has 0 aliphatic rings. The minimum Gasteiger partial charge on any atom is -0.462 e. The van der Waals surface area contributed by atoms with Crippen molar-refractivity contribution in [3.05, 3.63) is 41.6 Å². The molecule has 0 spiro atoms. The Hall–Kier alpha value is -2.81. The molecule has 1 rings (SSSR count). The van der Waals surface area contributed by atoms with E-state index in [1.165, 1.54) is 6.20 Å². The predicted octanol–water partition coefficient (Wildman–Crippen LogP) is 2.99. The Kier molecular flexibility index (Phi) is 8.06. The summed E-state index contributed by atoms with van der Waals surface area (Å²) < 4.78 is 5.20. The van der Waals surface area contributed by atoms with Gasteiger partial charge < -0.3 is 15.4 Å². The fraction of sp³-hybridized carbons (Fsp3) is 0.389. The normalized spacial score (nSPS) is 10.9. The Morgan fingerprint density at radius 2 is 2.04 bits per heavy atom. The number of anilines is 1. The van der Waals surface area contributed by atoms with Crippen LogP contribution in [-0.4, -0.2) is 24.5 Å². The first-order valence-corrected chi connectivity index (χ1v) is 7.93. The lowest BCUT2D eigenvalue weighted by Crippen LogP contribution is -2.31. The second-order valence-electron chi connectivity index (χ2n) is 5.48. The van der Waals surface area contributed by atoms with Gasteiger partial charge in [-0.25, -0.2) is 4.79 Å². The van der Waals surface area contributed by atoms with Gasteiger partial charge >= 0.3 is 5.97 Å². The van der Waals surface area contributed by atoms with Crippen molar-refractivity contribution >= 4 is 17.6 Å². The van der Waals surface area contributed by atoms with Crippen molar-refractivity contribution in [1.29, 1.82) is 5.26 Å². The summed E-state index contributed by atoms with van der Waals surface area (Å²) in [6.07, 6.45) is 3.03. The Morgan fingerprint density at radius 1 is 1.33 bits per heavy atom. The molecule has 0 saturated heterocycles. The van der Waals surface area contributed by atoms with E-state index in [9.17, 15) is 9.59 Å². The molecule has 0 aliphatic heterocycles. The second kappa shape index (κ2) is 10.1. The number of nitrogens with zero attached hydrogens (tertiary/aromatic N) is 1. The minimum absolute atomic E-state index is 0.0714. The first-order valence-electron chi connectivity index (χ1n) is 7.93. The molecular weight excluding hydrogens is 306 g/mol. The topological polar surface area (TPSA) is 91.2 Å². The molecule has 0 unspecified atom stereocenters. The molecule has 6 heteroatoms. The van der Waals surface area contributed by atoms with Gasteiger partial charge in [0, 0.05) is 12.2 Å². The first-order chi connectivity index (χ1) is 11.5. The Morgan fingerprint density at radius 3 is 2.67 bits per heavy atom. The Bertz CT molecular complexity index is 645. The maximum atomic E-state index is 12.1. The molecule has 6 nitrogen and oxygen atoms in total. The largest absolute Gasteiger partial charge is 0.462 e. The Labute approximate surface area is 142 Å². The van der Waals surface area contributed by atoms with Crippen molar-refractivity contribution < 1.29 is 14.3 Å². The van der Waals surface area contributed by atoms with Gasteiger partial charge in [0.2, 0.25) is 0 Å². The molecule has 0 aliphatic carbocycles. The smallest absolute Gasteiger partial charge is 0.340 e. The van der Waals surface area contributed by atoms with Gasteiger partial charge in [0.25, 0.3) is 5.91 Å². The van der Waals surface area contributed by atoms with E-state index in [1.807, 2.05) is 26.8 Å². The number of nitrogens with one attached hydrogen (secondary N) is 2. The van der Waals surface area contributed by atoms with E-state index in [2.05, 4.69) is 10.6 Å². The van der Waals surface area contributed by atoms with Crippen LogP contribution in [0.3, 0.4) is 0 Å². The summed E-state index contributed by atoms with van der Waals surface area (Å²) in [4.78, 5) is 24.0. The highest BCUT2D eigenvalue weighted by Gasteiger charge is 2.13. The first kappa shape index (κ1) is 19.2. The maximum Gasteiger partial charge on any atom is 0.340 e. The molecule has 1 amide bonds. The van der Waals surface area contributed by atoms with Crippen LogP contribution in [0.25, 0.3) is 0 Å². The van der Waals surface area contributed by atoms with Gasteiger partial charge in [-0.15, -0.1) is 0 Å². The number of unbranched alkanes of at least 4 members (excludes halogenated alkanes) is 1. The lowest BCUT2D eigenvalue weighted by Gasteiger charge is -2.10. The lowest BCUT2D eigenvalue weighted by molar-refractivity contribution is -0.117. The molecule has 0 fully saturated rings. The SMILES string of the molecule is CCCCOC(=O)c1ccccc1N/C=C(/C#N)C(=O)NC(C)C. The Balaban J connectivity index is 2.87. The van der Waals surface area contributed by atoms with Crippen molar-refractivity contribution in [3.8, 4) is 6.07 Å². The number of nitriles is 1. The van der Waals surface area contributed by atoms with Crippen molar-refractivity contribution in [2.45, 2.75) is 39.7 Å².